The molecule has 4 heterocycles. The van der Waals surface area contributed by atoms with Crippen LogP contribution >= 0.6 is 0 Å². The van der Waals surface area contributed by atoms with Crippen molar-refractivity contribution in [1.82, 2.24) is 34.9 Å². The van der Waals surface area contributed by atoms with Gasteiger partial charge in [0.15, 0.2) is 0 Å². The summed E-state index contributed by atoms with van der Waals surface area (Å²) >= 11 is 0. The lowest BCUT2D eigenvalue weighted by molar-refractivity contribution is -0.122. The van der Waals surface area contributed by atoms with E-state index in [9.17, 15) is 9.59 Å². The van der Waals surface area contributed by atoms with Crippen LogP contribution in [-0.2, 0) is 24.4 Å². The Hall–Kier alpha value is -4.64. The third-order valence-electron chi connectivity index (χ3n) is 7.33. The fraction of sp³-hybridized carbons (Fsp3) is 0.310. The third kappa shape index (κ3) is 5.15. The number of carbonyl (C=O) groups excluding carboxylic acids is 2. The largest absolute Gasteiger partial charge is 0.490 e. The minimum Gasteiger partial charge on any atom is -0.490 e. The number of rotatable bonds is 6. The topological polar surface area (TPSA) is 118 Å². The molecule has 0 fully saturated rings. The molecule has 2 aromatic carbocycles. The number of benzene rings is 2. The molecule has 2 aliphatic rings. The molecule has 6 rings (SSSR count). The summed E-state index contributed by atoms with van der Waals surface area (Å²) in [6.07, 6.45) is 3.23. The van der Waals surface area contributed by atoms with Crippen LogP contribution in [0, 0.1) is 12.8 Å². The van der Waals surface area contributed by atoms with Crippen molar-refractivity contribution in [2.75, 3.05) is 31.6 Å². The van der Waals surface area contributed by atoms with Crippen LogP contribution in [0.15, 0.2) is 61.1 Å². The summed E-state index contributed by atoms with van der Waals surface area (Å²) in [6.45, 7) is 5.29. The molecular weight excluding hydrogens is 508 g/mol. The van der Waals surface area contributed by atoms with E-state index in [1.807, 2.05) is 60.1 Å². The van der Waals surface area contributed by atoms with Gasteiger partial charge in [-0.2, -0.15) is 5.10 Å². The van der Waals surface area contributed by atoms with Crippen molar-refractivity contribution in [3.05, 3.63) is 83.8 Å². The lowest BCUT2D eigenvalue weighted by Crippen LogP contribution is -2.41. The second kappa shape index (κ2) is 10.9. The number of fused-ring (bicyclic) bond motifs is 2. The maximum atomic E-state index is 13.4. The number of ether oxygens (including phenoxy) is 1. The fourth-order valence-corrected chi connectivity index (χ4v) is 5.09. The minimum absolute atomic E-state index is 0.0590. The second-order valence-electron chi connectivity index (χ2n) is 10.1. The highest BCUT2D eigenvalue weighted by atomic mass is 16.5. The van der Waals surface area contributed by atoms with Crippen molar-refractivity contribution in [2.24, 2.45) is 5.92 Å². The van der Waals surface area contributed by atoms with E-state index in [1.54, 1.807) is 24.5 Å². The lowest BCUT2D eigenvalue weighted by Gasteiger charge is -2.27. The summed E-state index contributed by atoms with van der Waals surface area (Å²) < 4.78 is 7.96. The number of anilines is 1. The lowest BCUT2D eigenvalue weighted by atomic mass is 10.1. The van der Waals surface area contributed by atoms with Gasteiger partial charge in [-0.25, -0.2) is 19.6 Å². The van der Waals surface area contributed by atoms with E-state index in [1.165, 1.54) is 0 Å². The summed E-state index contributed by atoms with van der Waals surface area (Å²) in [4.78, 5) is 43.3. The molecule has 11 nitrogen and oxygen atoms in total. The van der Waals surface area contributed by atoms with Gasteiger partial charge in [-0.15, -0.1) is 0 Å². The van der Waals surface area contributed by atoms with Crippen molar-refractivity contribution in [3.63, 3.8) is 0 Å². The molecule has 2 aromatic heterocycles. The highest BCUT2D eigenvalue weighted by molar-refractivity contribution is 5.97. The number of nitrogens with one attached hydrogen (secondary N) is 1. The number of hydrogen-bond acceptors (Lipinski definition) is 8. The predicted molar refractivity (Wildman–Crippen MR) is 148 cm³/mol. The molecule has 2 aliphatic heterocycles. The zero-order valence-electron chi connectivity index (χ0n) is 22.4. The molecule has 1 atom stereocenters. The van der Waals surface area contributed by atoms with Gasteiger partial charge < -0.3 is 15.0 Å². The Morgan fingerprint density at radius 3 is 2.83 bits per heavy atom. The highest BCUT2D eigenvalue weighted by Gasteiger charge is 2.30. The molecule has 1 N–H and O–H groups in total. The second-order valence-corrected chi connectivity index (χ2v) is 10.1. The first kappa shape index (κ1) is 25.6. The Bertz CT molecular complexity index is 1550. The third-order valence-corrected chi connectivity index (χ3v) is 7.33. The number of nitrogens with zero attached hydrogens (tertiary/aromatic N) is 7. The number of aromatic nitrogens is 5. The number of amides is 2. The predicted octanol–water partition coefficient (Wildman–Crippen LogP) is 2.46. The average molecular weight is 539 g/mol. The number of aryl methyl sites for hydroxylation is 1. The fourth-order valence-electron chi connectivity index (χ4n) is 5.09. The van der Waals surface area contributed by atoms with Crippen molar-refractivity contribution in [1.29, 1.82) is 0 Å². The number of carbonyl (C=O) groups is 2. The van der Waals surface area contributed by atoms with Crippen LogP contribution in [0.5, 0.6) is 5.75 Å². The molecule has 11 heteroatoms. The molecule has 40 heavy (non-hydrogen) atoms. The summed E-state index contributed by atoms with van der Waals surface area (Å²) in [5.41, 5.74) is 4.27. The van der Waals surface area contributed by atoms with Gasteiger partial charge in [-0.05, 0) is 30.2 Å². The first-order chi connectivity index (χ1) is 19.5. The van der Waals surface area contributed by atoms with E-state index >= 15 is 0 Å². The molecule has 0 saturated heterocycles. The molecule has 0 aliphatic carbocycles. The standard InChI is InChI=1S/C29H30N8O3/c1-19-13-30-27(34-26(19)21-6-4-3-5-7-21)28(38)31-14-22-17-40-24-9-8-20(12-23(24)35(2)29(22)39)15-36-10-11-37-25(16-36)32-18-33-37/h3-9,12-13,18,22H,10-11,14-17H2,1-2H3,(H,31,38). The maximum absolute atomic E-state index is 13.4. The van der Waals surface area contributed by atoms with Crippen LogP contribution in [-0.4, -0.2) is 68.2 Å². The van der Waals surface area contributed by atoms with Crippen LogP contribution in [0.25, 0.3) is 11.3 Å². The molecular formula is C29H30N8O3. The molecule has 0 spiro atoms. The smallest absolute Gasteiger partial charge is 0.289 e. The van der Waals surface area contributed by atoms with E-state index in [0.717, 1.165) is 48.7 Å². The summed E-state index contributed by atoms with van der Waals surface area (Å²) in [6, 6.07) is 15.6. The van der Waals surface area contributed by atoms with Crippen molar-refractivity contribution in [2.45, 2.75) is 26.6 Å². The average Bonchev–Trinajstić information content (AvgIpc) is 3.41. The SMILES string of the molecule is Cc1cnc(C(=O)NCC2COc3ccc(CN4CCn5ncnc5C4)cc3N(C)C2=O)nc1-c1ccccc1. The Morgan fingerprint density at radius 2 is 1.98 bits per heavy atom. The Labute approximate surface area is 231 Å². The Balaban J connectivity index is 1.11. The molecule has 2 amide bonds. The maximum Gasteiger partial charge on any atom is 0.289 e. The normalized spacial score (nSPS) is 17.0. The van der Waals surface area contributed by atoms with E-state index in [2.05, 4.69) is 30.3 Å². The monoisotopic (exact) mass is 538 g/mol. The Morgan fingerprint density at radius 1 is 1.12 bits per heavy atom. The van der Waals surface area contributed by atoms with Crippen LogP contribution in [0.2, 0.25) is 0 Å². The van der Waals surface area contributed by atoms with Crippen LogP contribution in [0.1, 0.15) is 27.6 Å². The van der Waals surface area contributed by atoms with Crippen LogP contribution in [0.4, 0.5) is 5.69 Å². The van der Waals surface area contributed by atoms with Crippen molar-refractivity contribution < 1.29 is 14.3 Å². The van der Waals surface area contributed by atoms with Gasteiger partial charge >= 0.3 is 0 Å². The summed E-state index contributed by atoms with van der Waals surface area (Å²) in [5.74, 6) is 0.530. The molecule has 0 saturated carbocycles. The van der Waals surface area contributed by atoms with E-state index < -0.39 is 11.8 Å². The summed E-state index contributed by atoms with van der Waals surface area (Å²) in [5, 5.41) is 7.07. The first-order valence-corrected chi connectivity index (χ1v) is 13.3. The van der Waals surface area contributed by atoms with Crippen LogP contribution in [0.3, 0.4) is 0 Å². The van der Waals surface area contributed by atoms with E-state index in [4.69, 9.17) is 4.74 Å². The highest BCUT2D eigenvalue weighted by Crippen LogP contribution is 2.33. The molecule has 4 aromatic rings. The van der Waals surface area contributed by atoms with Gasteiger partial charge in [-0.1, -0.05) is 36.4 Å². The van der Waals surface area contributed by atoms with E-state index in [0.29, 0.717) is 17.1 Å². The minimum atomic E-state index is -0.558. The zero-order chi connectivity index (χ0) is 27.6. The first-order valence-electron chi connectivity index (χ1n) is 13.3. The van der Waals surface area contributed by atoms with Gasteiger partial charge in [-0.3, -0.25) is 14.5 Å². The van der Waals surface area contributed by atoms with E-state index in [-0.39, 0.29) is 24.9 Å². The zero-order valence-corrected chi connectivity index (χ0v) is 22.4. The van der Waals surface area contributed by atoms with Gasteiger partial charge in [0.25, 0.3) is 5.91 Å². The van der Waals surface area contributed by atoms with Gasteiger partial charge in [0.2, 0.25) is 11.7 Å². The molecule has 0 bridgehead atoms. The number of hydrogen-bond donors (Lipinski definition) is 1. The molecule has 204 valence electrons. The Kier molecular flexibility index (Phi) is 6.95. The van der Waals surface area contributed by atoms with Gasteiger partial charge in [0.1, 0.15) is 24.5 Å². The molecule has 0 radical (unpaired) electrons. The van der Waals surface area contributed by atoms with Gasteiger partial charge in [0, 0.05) is 38.4 Å². The summed E-state index contributed by atoms with van der Waals surface area (Å²) in [7, 11) is 1.74. The van der Waals surface area contributed by atoms with Crippen molar-refractivity contribution in [3.8, 4) is 17.0 Å². The molecule has 1 unspecified atom stereocenters. The van der Waals surface area contributed by atoms with Gasteiger partial charge in [0.05, 0.1) is 30.4 Å². The van der Waals surface area contributed by atoms with Crippen molar-refractivity contribution >= 4 is 17.5 Å². The van der Waals surface area contributed by atoms with Crippen LogP contribution < -0.4 is 15.0 Å². The quantitative estimate of drug-likeness (QED) is 0.398.